The third-order valence-electron chi connectivity index (χ3n) is 2.69. The van der Waals surface area contributed by atoms with Crippen LogP contribution in [-0.2, 0) is 13.5 Å². The Kier molecular flexibility index (Phi) is 4.49. The molecule has 1 aromatic rings. The molecule has 19 heavy (non-hydrogen) atoms. The maximum absolute atomic E-state index is 12.6. The molecule has 9 heteroatoms. The Balaban J connectivity index is 2.97. The van der Waals surface area contributed by atoms with Crippen LogP contribution >= 0.6 is 0 Å². The third-order valence-corrected chi connectivity index (χ3v) is 2.69. The lowest BCUT2D eigenvalue weighted by Gasteiger charge is -2.30. The molecule has 0 aromatic carbocycles. The van der Waals surface area contributed by atoms with Crippen molar-refractivity contribution < 1.29 is 26.3 Å². The number of nitrogens with one attached hydrogen (secondary N) is 1. The van der Waals surface area contributed by atoms with Gasteiger partial charge < -0.3 is 5.32 Å². The van der Waals surface area contributed by atoms with Gasteiger partial charge in [0.1, 0.15) is 0 Å². The largest absolute Gasteiger partial charge is 0.402 e. The predicted molar refractivity (Wildman–Crippen MR) is 55.4 cm³/mol. The Morgan fingerprint density at radius 1 is 1.21 bits per heavy atom. The average molecular weight is 289 g/mol. The molecule has 0 aliphatic heterocycles. The van der Waals surface area contributed by atoms with Crippen molar-refractivity contribution in [2.45, 2.75) is 24.8 Å². The lowest BCUT2D eigenvalue weighted by atomic mass is 9.93. The summed E-state index contributed by atoms with van der Waals surface area (Å²) in [4.78, 5) is 0. The molecule has 0 fully saturated rings. The first-order chi connectivity index (χ1) is 8.55. The average Bonchev–Trinajstić information content (AvgIpc) is 2.58. The van der Waals surface area contributed by atoms with Crippen LogP contribution in [0.3, 0.4) is 0 Å². The van der Waals surface area contributed by atoms with Crippen molar-refractivity contribution in [2.24, 2.45) is 13.0 Å². The minimum Gasteiger partial charge on any atom is -0.316 e. The fourth-order valence-corrected chi connectivity index (χ4v) is 1.86. The molecule has 1 unspecified atom stereocenters. The van der Waals surface area contributed by atoms with E-state index in [1.807, 2.05) is 0 Å². The normalized spacial score (nSPS) is 15.0. The molecule has 0 spiro atoms. The summed E-state index contributed by atoms with van der Waals surface area (Å²) in [6.07, 6.45) is -8.49. The van der Waals surface area contributed by atoms with Crippen LogP contribution in [-0.4, -0.2) is 35.2 Å². The number of nitrogens with zero attached hydrogens (tertiary/aromatic N) is 2. The van der Waals surface area contributed by atoms with Crippen LogP contribution in [0.5, 0.6) is 0 Å². The Hall–Kier alpha value is -1.25. The smallest absolute Gasteiger partial charge is 0.316 e. The zero-order chi connectivity index (χ0) is 14.8. The molecule has 0 radical (unpaired) electrons. The summed E-state index contributed by atoms with van der Waals surface area (Å²) in [5.41, 5.74) is 0.306. The second-order valence-electron chi connectivity index (χ2n) is 4.18. The fraction of sp³-hybridized carbons (Fsp3) is 0.700. The van der Waals surface area contributed by atoms with E-state index in [1.54, 1.807) is 0 Å². The molecule has 1 N–H and O–H groups in total. The van der Waals surface area contributed by atoms with Crippen molar-refractivity contribution in [3.63, 3.8) is 0 Å². The fourth-order valence-electron chi connectivity index (χ4n) is 1.86. The highest BCUT2D eigenvalue weighted by molar-refractivity contribution is 5.07. The van der Waals surface area contributed by atoms with Crippen LogP contribution in [0.1, 0.15) is 5.56 Å². The van der Waals surface area contributed by atoms with Crippen molar-refractivity contribution in [1.29, 1.82) is 0 Å². The molecule has 0 bridgehead atoms. The number of aromatic nitrogens is 2. The molecule has 1 rings (SSSR count). The second kappa shape index (κ2) is 5.40. The Morgan fingerprint density at radius 2 is 1.74 bits per heavy atom. The van der Waals surface area contributed by atoms with Gasteiger partial charge in [-0.05, 0) is 19.0 Å². The van der Waals surface area contributed by atoms with Crippen LogP contribution in [0, 0.1) is 5.92 Å². The molecule has 3 nitrogen and oxygen atoms in total. The molecule has 0 aliphatic carbocycles. The molecule has 1 atom stereocenters. The maximum Gasteiger partial charge on any atom is 0.402 e. The summed E-state index contributed by atoms with van der Waals surface area (Å²) in [7, 11) is 2.61. The van der Waals surface area contributed by atoms with Crippen molar-refractivity contribution >= 4 is 0 Å². The summed E-state index contributed by atoms with van der Waals surface area (Å²) in [6.45, 7) is 0. The quantitative estimate of drug-likeness (QED) is 0.862. The molecule has 0 amide bonds. The molecular formula is C10H13F6N3. The highest BCUT2D eigenvalue weighted by Crippen LogP contribution is 2.41. The van der Waals surface area contributed by atoms with Crippen LogP contribution in [0.4, 0.5) is 26.3 Å². The van der Waals surface area contributed by atoms with Gasteiger partial charge in [-0.1, -0.05) is 0 Å². The highest BCUT2D eigenvalue weighted by atomic mass is 19.4. The van der Waals surface area contributed by atoms with Crippen LogP contribution in [0.25, 0.3) is 0 Å². The number of likely N-dealkylation sites (N-methyl/N-ethyl adjacent to an activating group) is 1. The standard InChI is InChI=1S/C10H13F6N3/c1-17-7(3-6-4-18-19(2)5-6)8(9(11,12)13)10(14,15)16/h4-5,7-8,17H,3H2,1-2H3. The summed E-state index contributed by atoms with van der Waals surface area (Å²) in [5, 5.41) is 5.81. The van der Waals surface area contributed by atoms with Crippen LogP contribution in [0.2, 0.25) is 0 Å². The molecule has 110 valence electrons. The summed E-state index contributed by atoms with van der Waals surface area (Å²) >= 11 is 0. The van der Waals surface area contributed by atoms with E-state index >= 15 is 0 Å². The van der Waals surface area contributed by atoms with Crippen LogP contribution in [0.15, 0.2) is 12.4 Å². The number of hydrogen-bond acceptors (Lipinski definition) is 2. The first-order valence-corrected chi connectivity index (χ1v) is 5.34. The number of halogens is 6. The lowest BCUT2D eigenvalue weighted by Crippen LogP contribution is -2.51. The molecule has 0 aliphatic rings. The first-order valence-electron chi connectivity index (χ1n) is 5.34. The summed E-state index contributed by atoms with van der Waals surface area (Å²) in [5.74, 6) is -3.41. The molecule has 1 aromatic heterocycles. The van der Waals surface area contributed by atoms with E-state index in [4.69, 9.17) is 0 Å². The minimum absolute atomic E-state index is 0.306. The maximum atomic E-state index is 12.6. The van der Waals surface area contributed by atoms with Gasteiger partial charge in [0.25, 0.3) is 0 Å². The van der Waals surface area contributed by atoms with E-state index < -0.39 is 30.7 Å². The van der Waals surface area contributed by atoms with Gasteiger partial charge in [0, 0.05) is 19.3 Å². The van der Waals surface area contributed by atoms with E-state index in [1.165, 1.54) is 24.1 Å². The van der Waals surface area contributed by atoms with Gasteiger partial charge in [-0.25, -0.2) is 0 Å². The Morgan fingerprint density at radius 3 is 2.05 bits per heavy atom. The van der Waals surface area contributed by atoms with Crippen molar-refractivity contribution in [1.82, 2.24) is 15.1 Å². The zero-order valence-corrected chi connectivity index (χ0v) is 10.2. The SMILES string of the molecule is CNC(Cc1cnn(C)c1)C(C(F)(F)F)C(F)(F)F. The van der Waals surface area contributed by atoms with Gasteiger partial charge in [0.05, 0.1) is 6.20 Å². The van der Waals surface area contributed by atoms with Gasteiger partial charge in [-0.15, -0.1) is 0 Å². The number of rotatable bonds is 4. The Labute approximate surface area is 105 Å². The number of hydrogen-bond donors (Lipinski definition) is 1. The third kappa shape index (κ3) is 4.12. The summed E-state index contributed by atoms with van der Waals surface area (Å²) in [6, 6.07) is -1.79. The minimum atomic E-state index is -5.35. The predicted octanol–water partition coefficient (Wildman–Crippen LogP) is 2.29. The Bertz CT molecular complexity index is 394. The zero-order valence-electron chi connectivity index (χ0n) is 10.2. The van der Waals surface area contributed by atoms with Crippen molar-refractivity contribution in [3.05, 3.63) is 18.0 Å². The molecule has 0 saturated carbocycles. The second-order valence-corrected chi connectivity index (χ2v) is 4.18. The topological polar surface area (TPSA) is 29.9 Å². The number of alkyl halides is 6. The van der Waals surface area contributed by atoms with Gasteiger partial charge in [-0.2, -0.15) is 31.4 Å². The van der Waals surface area contributed by atoms with Gasteiger partial charge >= 0.3 is 12.4 Å². The molecular weight excluding hydrogens is 276 g/mol. The van der Waals surface area contributed by atoms with E-state index in [0.29, 0.717) is 5.56 Å². The van der Waals surface area contributed by atoms with Crippen molar-refractivity contribution in [2.75, 3.05) is 7.05 Å². The van der Waals surface area contributed by atoms with Gasteiger partial charge in [0.2, 0.25) is 0 Å². The van der Waals surface area contributed by atoms with E-state index in [-0.39, 0.29) is 0 Å². The van der Waals surface area contributed by atoms with Gasteiger partial charge in [0.15, 0.2) is 5.92 Å². The van der Waals surface area contributed by atoms with E-state index in [9.17, 15) is 26.3 Å². The highest BCUT2D eigenvalue weighted by Gasteiger charge is 2.59. The van der Waals surface area contributed by atoms with Gasteiger partial charge in [-0.3, -0.25) is 4.68 Å². The summed E-state index contributed by atoms with van der Waals surface area (Å²) < 4.78 is 76.8. The van der Waals surface area contributed by atoms with E-state index in [2.05, 4.69) is 10.4 Å². The first kappa shape index (κ1) is 15.8. The monoisotopic (exact) mass is 289 g/mol. The van der Waals surface area contributed by atoms with E-state index in [0.717, 1.165) is 7.05 Å². The van der Waals surface area contributed by atoms with Crippen LogP contribution < -0.4 is 5.32 Å². The van der Waals surface area contributed by atoms with Crippen molar-refractivity contribution in [3.8, 4) is 0 Å². The lowest BCUT2D eigenvalue weighted by molar-refractivity contribution is -0.291. The molecule has 0 saturated heterocycles. The molecule has 1 heterocycles. The number of aryl methyl sites for hydroxylation is 1.